The summed E-state index contributed by atoms with van der Waals surface area (Å²) >= 11 is 7.65. The van der Waals surface area contributed by atoms with Gasteiger partial charge < -0.3 is 9.15 Å². The maximum Gasteiger partial charge on any atom is 0.260 e. The van der Waals surface area contributed by atoms with Gasteiger partial charge in [0, 0.05) is 23.7 Å². The monoisotopic (exact) mass is 531 g/mol. The average Bonchev–Trinajstić information content (AvgIpc) is 3.55. The number of rotatable bonds is 6. The quantitative estimate of drug-likeness (QED) is 0.357. The molecule has 4 aromatic rings. The van der Waals surface area contributed by atoms with Crippen molar-refractivity contribution in [2.24, 2.45) is 0 Å². The molecule has 3 heterocycles. The van der Waals surface area contributed by atoms with Crippen LogP contribution in [0.15, 0.2) is 64.1 Å². The minimum Gasteiger partial charge on any atom is -0.467 e. The number of halogens is 1. The number of aryl methyl sites for hydroxylation is 1. The number of fused-ring (bicyclic) bond motifs is 1. The van der Waals surface area contributed by atoms with Crippen LogP contribution in [0.2, 0.25) is 5.02 Å². The SMILES string of the molecule is Cc1c(Cl)ccc2sc(N(Cc3ccco3)C(=O)c3ccc(S(=O)(=O)N4CCOCC4)cc3)nc12. The summed E-state index contributed by atoms with van der Waals surface area (Å²) in [6.07, 6.45) is 1.55. The van der Waals surface area contributed by atoms with Crippen LogP contribution in [0, 0.1) is 6.92 Å². The summed E-state index contributed by atoms with van der Waals surface area (Å²) in [4.78, 5) is 20.0. The van der Waals surface area contributed by atoms with Crippen LogP contribution in [-0.2, 0) is 21.3 Å². The van der Waals surface area contributed by atoms with Crippen molar-refractivity contribution < 1.29 is 22.4 Å². The Labute approximate surface area is 211 Å². The first-order chi connectivity index (χ1) is 16.8. The maximum absolute atomic E-state index is 13.6. The van der Waals surface area contributed by atoms with Crippen LogP contribution in [0.3, 0.4) is 0 Å². The van der Waals surface area contributed by atoms with Gasteiger partial charge in [0.15, 0.2) is 5.13 Å². The second kappa shape index (κ2) is 9.71. The van der Waals surface area contributed by atoms with E-state index in [0.717, 1.165) is 15.8 Å². The minimum atomic E-state index is -3.65. The van der Waals surface area contributed by atoms with Crippen LogP contribution < -0.4 is 4.90 Å². The number of ether oxygens (including phenoxy) is 1. The average molecular weight is 532 g/mol. The molecule has 0 spiro atoms. The number of morpholine rings is 1. The Kier molecular flexibility index (Phi) is 6.65. The molecular weight excluding hydrogens is 510 g/mol. The number of aromatic nitrogens is 1. The number of hydrogen-bond acceptors (Lipinski definition) is 7. The van der Waals surface area contributed by atoms with E-state index >= 15 is 0 Å². The molecule has 1 amide bonds. The summed E-state index contributed by atoms with van der Waals surface area (Å²) in [5.74, 6) is 0.276. The Morgan fingerprint density at radius 2 is 1.89 bits per heavy atom. The first-order valence-electron chi connectivity index (χ1n) is 10.9. The van der Waals surface area contributed by atoms with Gasteiger partial charge in [0.25, 0.3) is 5.91 Å². The smallest absolute Gasteiger partial charge is 0.260 e. The van der Waals surface area contributed by atoms with Gasteiger partial charge in [0.05, 0.1) is 41.1 Å². The molecule has 1 saturated heterocycles. The lowest BCUT2D eigenvalue weighted by Gasteiger charge is -2.26. The number of nitrogens with zero attached hydrogens (tertiary/aromatic N) is 3. The number of carbonyl (C=O) groups excluding carboxylic acids is 1. The molecular formula is C24H22ClN3O5S2. The summed E-state index contributed by atoms with van der Waals surface area (Å²) in [5.41, 5.74) is 1.92. The lowest BCUT2D eigenvalue weighted by atomic mass is 10.2. The van der Waals surface area contributed by atoms with Gasteiger partial charge in [-0.2, -0.15) is 4.31 Å². The van der Waals surface area contributed by atoms with Crippen molar-refractivity contribution in [2.45, 2.75) is 18.4 Å². The molecule has 1 aliphatic rings. The van der Waals surface area contributed by atoms with Gasteiger partial charge in [-0.15, -0.1) is 0 Å². The number of hydrogen-bond donors (Lipinski definition) is 0. The van der Waals surface area contributed by atoms with Crippen molar-refractivity contribution in [3.8, 4) is 0 Å². The highest BCUT2D eigenvalue weighted by atomic mass is 35.5. The molecule has 2 aromatic heterocycles. The van der Waals surface area contributed by atoms with Crippen LogP contribution >= 0.6 is 22.9 Å². The van der Waals surface area contributed by atoms with E-state index in [-0.39, 0.29) is 17.3 Å². The van der Waals surface area contributed by atoms with E-state index in [2.05, 4.69) is 0 Å². The topological polar surface area (TPSA) is 93.0 Å². The number of anilines is 1. The Hall–Kier alpha value is -2.76. The minimum absolute atomic E-state index is 0.138. The van der Waals surface area contributed by atoms with E-state index in [1.165, 1.54) is 44.8 Å². The number of thiazole rings is 1. The zero-order chi connectivity index (χ0) is 24.6. The third-order valence-electron chi connectivity index (χ3n) is 5.82. The van der Waals surface area contributed by atoms with Crippen LogP contribution in [0.5, 0.6) is 0 Å². The van der Waals surface area contributed by atoms with Crippen LogP contribution in [-0.4, -0.2) is 49.9 Å². The molecule has 0 radical (unpaired) electrons. The summed E-state index contributed by atoms with van der Waals surface area (Å²) < 4.78 is 38.9. The van der Waals surface area contributed by atoms with E-state index in [4.69, 9.17) is 25.7 Å². The molecule has 1 fully saturated rings. The van der Waals surface area contributed by atoms with Gasteiger partial charge in [-0.3, -0.25) is 9.69 Å². The highest BCUT2D eigenvalue weighted by Gasteiger charge is 2.28. The Bertz CT molecular complexity index is 1460. The molecule has 0 aliphatic carbocycles. The molecule has 0 saturated carbocycles. The van der Waals surface area contributed by atoms with Crippen LogP contribution in [0.25, 0.3) is 10.2 Å². The van der Waals surface area contributed by atoms with Crippen molar-refractivity contribution in [2.75, 3.05) is 31.2 Å². The molecule has 35 heavy (non-hydrogen) atoms. The lowest BCUT2D eigenvalue weighted by molar-refractivity contribution is 0.0730. The van der Waals surface area contributed by atoms with Crippen molar-refractivity contribution in [1.29, 1.82) is 0 Å². The normalized spacial score (nSPS) is 14.9. The highest BCUT2D eigenvalue weighted by molar-refractivity contribution is 7.89. The van der Waals surface area contributed by atoms with E-state index in [1.54, 1.807) is 18.4 Å². The molecule has 0 atom stereocenters. The van der Waals surface area contributed by atoms with Crippen LogP contribution in [0.4, 0.5) is 5.13 Å². The van der Waals surface area contributed by atoms with Crippen LogP contribution in [0.1, 0.15) is 21.7 Å². The van der Waals surface area contributed by atoms with Gasteiger partial charge in [0.1, 0.15) is 5.76 Å². The van der Waals surface area contributed by atoms with E-state index < -0.39 is 10.0 Å². The van der Waals surface area contributed by atoms with E-state index in [9.17, 15) is 13.2 Å². The second-order valence-corrected chi connectivity index (χ2v) is 11.4. The fourth-order valence-corrected chi connectivity index (χ4v) is 6.43. The van der Waals surface area contributed by atoms with E-state index in [0.29, 0.717) is 47.8 Å². The second-order valence-electron chi connectivity index (χ2n) is 8.03. The summed E-state index contributed by atoms with van der Waals surface area (Å²) in [6.45, 7) is 3.41. The molecule has 5 rings (SSSR count). The molecule has 11 heteroatoms. The number of furan rings is 1. The third-order valence-corrected chi connectivity index (χ3v) is 9.18. The largest absolute Gasteiger partial charge is 0.467 e. The van der Waals surface area contributed by atoms with Crippen molar-refractivity contribution in [3.63, 3.8) is 0 Å². The molecule has 8 nitrogen and oxygen atoms in total. The van der Waals surface area contributed by atoms with Gasteiger partial charge in [0.2, 0.25) is 10.0 Å². The van der Waals surface area contributed by atoms with Crippen molar-refractivity contribution in [1.82, 2.24) is 9.29 Å². The Balaban J connectivity index is 1.48. The standard InChI is InChI=1S/C24H22ClN3O5S2/c1-16-20(25)8-9-21-22(16)26-24(34-21)28(15-18-3-2-12-33-18)23(29)17-4-6-19(7-5-17)35(30,31)27-10-13-32-14-11-27/h2-9,12H,10-11,13-15H2,1H3. The highest BCUT2D eigenvalue weighted by Crippen LogP contribution is 2.35. The number of sulfonamides is 1. The Morgan fingerprint density at radius 3 is 2.57 bits per heavy atom. The number of benzene rings is 2. The predicted octanol–water partition coefficient (Wildman–Crippen LogP) is 4.72. The van der Waals surface area contributed by atoms with Crippen molar-refractivity contribution in [3.05, 3.63) is 76.7 Å². The molecule has 0 N–H and O–H groups in total. The molecule has 182 valence electrons. The lowest BCUT2D eigenvalue weighted by Crippen LogP contribution is -2.40. The zero-order valence-corrected chi connectivity index (χ0v) is 21.2. The van der Waals surface area contributed by atoms with E-state index in [1.807, 2.05) is 19.1 Å². The van der Waals surface area contributed by atoms with Gasteiger partial charge in [-0.25, -0.2) is 13.4 Å². The molecule has 2 aromatic carbocycles. The number of carbonyl (C=O) groups is 1. The Morgan fingerprint density at radius 1 is 1.14 bits per heavy atom. The first-order valence-corrected chi connectivity index (χ1v) is 13.6. The number of amides is 1. The summed E-state index contributed by atoms with van der Waals surface area (Å²) in [7, 11) is -3.65. The van der Waals surface area contributed by atoms with Gasteiger partial charge in [-0.05, 0) is 61.0 Å². The third kappa shape index (κ3) is 4.72. The zero-order valence-electron chi connectivity index (χ0n) is 18.8. The fourth-order valence-electron chi connectivity index (χ4n) is 3.85. The molecule has 0 unspecified atom stereocenters. The fraction of sp³-hybridized carbons (Fsp3) is 0.250. The van der Waals surface area contributed by atoms with Gasteiger partial charge in [-0.1, -0.05) is 22.9 Å². The van der Waals surface area contributed by atoms with Gasteiger partial charge >= 0.3 is 0 Å². The predicted molar refractivity (Wildman–Crippen MR) is 135 cm³/mol. The maximum atomic E-state index is 13.6. The van der Waals surface area contributed by atoms with Crippen molar-refractivity contribution >= 4 is 54.2 Å². The molecule has 0 bridgehead atoms. The summed E-state index contributed by atoms with van der Waals surface area (Å²) in [6, 6.07) is 13.2. The summed E-state index contributed by atoms with van der Waals surface area (Å²) in [5, 5.41) is 1.10. The molecule has 1 aliphatic heterocycles. The first kappa shape index (κ1) is 24.0.